The van der Waals surface area contributed by atoms with E-state index in [1.807, 2.05) is 6.33 Å². The molecule has 1 fully saturated rings. The number of nitrogens with one attached hydrogen (secondary N) is 1. The van der Waals surface area contributed by atoms with Crippen LogP contribution in [0.2, 0.25) is 0 Å². The number of hydrogen-bond donors (Lipinski definition) is 1. The predicted molar refractivity (Wildman–Crippen MR) is 74.8 cm³/mol. The maximum Gasteiger partial charge on any atom is 0.0960 e. The molecule has 3 heteroatoms. The van der Waals surface area contributed by atoms with Crippen molar-refractivity contribution in [3.8, 4) is 0 Å². The average Bonchev–Trinajstić information content (AvgIpc) is 3.07. The quantitative estimate of drug-likeness (QED) is 0.875. The number of imidazole rings is 1. The lowest BCUT2D eigenvalue weighted by molar-refractivity contribution is 0.617. The van der Waals surface area contributed by atoms with Crippen molar-refractivity contribution >= 4 is 11.0 Å². The van der Waals surface area contributed by atoms with Gasteiger partial charge in [0.25, 0.3) is 0 Å². The highest BCUT2D eigenvalue weighted by Gasteiger charge is 2.19. The first-order valence-electron chi connectivity index (χ1n) is 6.93. The maximum atomic E-state index is 4.50. The Labute approximate surface area is 108 Å². The number of rotatable bonds is 5. The molecule has 0 bridgehead atoms. The largest absolute Gasteiger partial charge is 0.328 e. The molecular formula is C15H21N3. The standard InChI is InChI=1S/C15H21N3/c1-11(2)18-10-17-14-9-12(3-6-15(14)18)7-8-16-13-4-5-13/h3,6,9-11,13,16H,4-5,7-8H2,1-2H3. The van der Waals surface area contributed by atoms with Gasteiger partial charge in [-0.2, -0.15) is 0 Å². The van der Waals surface area contributed by atoms with E-state index in [1.54, 1.807) is 0 Å². The second-order valence-electron chi connectivity index (χ2n) is 5.55. The third-order valence-electron chi connectivity index (χ3n) is 3.62. The molecule has 3 nitrogen and oxygen atoms in total. The van der Waals surface area contributed by atoms with Crippen molar-refractivity contribution in [1.29, 1.82) is 0 Å². The van der Waals surface area contributed by atoms with Gasteiger partial charge in [-0.3, -0.25) is 0 Å². The Morgan fingerprint density at radius 3 is 2.94 bits per heavy atom. The van der Waals surface area contributed by atoms with Crippen molar-refractivity contribution in [1.82, 2.24) is 14.9 Å². The number of nitrogens with zero attached hydrogens (tertiary/aromatic N) is 2. The molecule has 3 rings (SSSR count). The Kier molecular flexibility index (Phi) is 3.08. The molecule has 1 saturated carbocycles. The van der Waals surface area contributed by atoms with Crippen molar-refractivity contribution in [3.63, 3.8) is 0 Å². The maximum absolute atomic E-state index is 4.50. The van der Waals surface area contributed by atoms with Crippen molar-refractivity contribution in [2.45, 2.75) is 45.2 Å². The minimum absolute atomic E-state index is 0.470. The molecule has 0 saturated heterocycles. The number of aromatic nitrogens is 2. The van der Waals surface area contributed by atoms with Gasteiger partial charge in [-0.05, 0) is 57.4 Å². The lowest BCUT2D eigenvalue weighted by atomic mass is 10.1. The SMILES string of the molecule is CC(C)n1cnc2cc(CCNC3CC3)ccc21. The van der Waals surface area contributed by atoms with Gasteiger partial charge in [-0.1, -0.05) is 6.07 Å². The van der Waals surface area contributed by atoms with Gasteiger partial charge in [-0.15, -0.1) is 0 Å². The highest BCUT2D eigenvalue weighted by atomic mass is 15.1. The zero-order valence-corrected chi connectivity index (χ0v) is 11.2. The summed E-state index contributed by atoms with van der Waals surface area (Å²) in [4.78, 5) is 4.50. The molecule has 1 heterocycles. The third kappa shape index (κ3) is 2.41. The first-order valence-corrected chi connectivity index (χ1v) is 6.93. The van der Waals surface area contributed by atoms with Crippen molar-refractivity contribution in [3.05, 3.63) is 30.1 Å². The minimum Gasteiger partial charge on any atom is -0.328 e. The van der Waals surface area contributed by atoms with Gasteiger partial charge >= 0.3 is 0 Å². The van der Waals surface area contributed by atoms with E-state index in [0.717, 1.165) is 24.5 Å². The van der Waals surface area contributed by atoms with Gasteiger partial charge in [0.1, 0.15) is 0 Å². The van der Waals surface area contributed by atoms with Gasteiger partial charge < -0.3 is 9.88 Å². The van der Waals surface area contributed by atoms with Gasteiger partial charge in [0, 0.05) is 12.1 Å². The highest BCUT2D eigenvalue weighted by Crippen LogP contribution is 2.20. The second kappa shape index (κ2) is 4.73. The summed E-state index contributed by atoms with van der Waals surface area (Å²) >= 11 is 0. The molecule has 1 aromatic heterocycles. The van der Waals surface area contributed by atoms with E-state index < -0.39 is 0 Å². The summed E-state index contributed by atoms with van der Waals surface area (Å²) in [5.41, 5.74) is 3.74. The fourth-order valence-electron chi connectivity index (χ4n) is 2.35. The van der Waals surface area contributed by atoms with Gasteiger partial charge in [0.05, 0.1) is 17.4 Å². The Morgan fingerprint density at radius 2 is 2.22 bits per heavy atom. The number of hydrogen-bond acceptors (Lipinski definition) is 2. The third-order valence-corrected chi connectivity index (χ3v) is 3.62. The summed E-state index contributed by atoms with van der Waals surface area (Å²) in [6.45, 7) is 5.46. The van der Waals surface area contributed by atoms with Crippen LogP contribution in [-0.4, -0.2) is 22.1 Å². The fraction of sp³-hybridized carbons (Fsp3) is 0.533. The van der Waals surface area contributed by atoms with Crippen molar-refractivity contribution < 1.29 is 0 Å². The van der Waals surface area contributed by atoms with Crippen LogP contribution in [0.5, 0.6) is 0 Å². The molecule has 1 N–H and O–H groups in total. The Bertz CT molecular complexity index is 538. The fourth-order valence-corrected chi connectivity index (χ4v) is 2.35. The Hall–Kier alpha value is -1.35. The molecule has 2 aromatic rings. The molecule has 1 aliphatic carbocycles. The van der Waals surface area contributed by atoms with Crippen LogP contribution in [0, 0.1) is 0 Å². The average molecular weight is 243 g/mol. The molecule has 0 unspecified atom stereocenters. The van der Waals surface area contributed by atoms with Crippen LogP contribution >= 0.6 is 0 Å². The van der Waals surface area contributed by atoms with Crippen LogP contribution in [0.1, 0.15) is 38.3 Å². The summed E-state index contributed by atoms with van der Waals surface area (Å²) in [6, 6.07) is 7.93. The molecule has 0 amide bonds. The molecule has 1 aromatic carbocycles. The predicted octanol–water partition coefficient (Wildman–Crippen LogP) is 2.91. The van der Waals surface area contributed by atoms with Crippen molar-refractivity contribution in [2.75, 3.05) is 6.54 Å². The summed E-state index contributed by atoms with van der Waals surface area (Å²) in [7, 11) is 0. The molecule has 1 aliphatic rings. The minimum atomic E-state index is 0.470. The van der Waals surface area contributed by atoms with E-state index in [9.17, 15) is 0 Å². The second-order valence-corrected chi connectivity index (χ2v) is 5.55. The highest BCUT2D eigenvalue weighted by molar-refractivity contribution is 5.76. The van der Waals surface area contributed by atoms with E-state index in [4.69, 9.17) is 0 Å². The van der Waals surface area contributed by atoms with Crippen LogP contribution in [0.15, 0.2) is 24.5 Å². The summed E-state index contributed by atoms with van der Waals surface area (Å²) in [5.74, 6) is 0. The summed E-state index contributed by atoms with van der Waals surface area (Å²) < 4.78 is 2.22. The van der Waals surface area contributed by atoms with Crippen LogP contribution in [0.3, 0.4) is 0 Å². The first-order chi connectivity index (χ1) is 8.74. The topological polar surface area (TPSA) is 29.9 Å². The normalized spacial score (nSPS) is 15.7. The lowest BCUT2D eigenvalue weighted by Gasteiger charge is -2.08. The molecule has 18 heavy (non-hydrogen) atoms. The Balaban J connectivity index is 1.74. The van der Waals surface area contributed by atoms with E-state index in [0.29, 0.717) is 6.04 Å². The summed E-state index contributed by atoms with van der Waals surface area (Å²) in [6.07, 6.45) is 5.76. The smallest absolute Gasteiger partial charge is 0.0960 e. The molecule has 0 spiro atoms. The van der Waals surface area contributed by atoms with Crippen LogP contribution < -0.4 is 5.32 Å². The van der Waals surface area contributed by atoms with E-state index in [-0.39, 0.29) is 0 Å². The van der Waals surface area contributed by atoms with Gasteiger partial charge in [-0.25, -0.2) is 4.98 Å². The zero-order valence-electron chi connectivity index (χ0n) is 11.2. The molecule has 0 atom stereocenters. The number of benzene rings is 1. The monoisotopic (exact) mass is 243 g/mol. The van der Waals surface area contributed by atoms with Crippen LogP contribution in [0.4, 0.5) is 0 Å². The van der Waals surface area contributed by atoms with Gasteiger partial charge in [0.2, 0.25) is 0 Å². The summed E-state index contributed by atoms with van der Waals surface area (Å²) in [5, 5.41) is 3.55. The molecule has 0 radical (unpaired) electrons. The van der Waals surface area contributed by atoms with Crippen molar-refractivity contribution in [2.24, 2.45) is 0 Å². The van der Waals surface area contributed by atoms with E-state index in [2.05, 4.69) is 46.9 Å². The first kappa shape index (κ1) is 11.7. The molecule has 96 valence electrons. The van der Waals surface area contributed by atoms with Gasteiger partial charge in [0.15, 0.2) is 0 Å². The van der Waals surface area contributed by atoms with Crippen LogP contribution in [0.25, 0.3) is 11.0 Å². The lowest BCUT2D eigenvalue weighted by Crippen LogP contribution is -2.19. The number of fused-ring (bicyclic) bond motifs is 1. The molecular weight excluding hydrogens is 222 g/mol. The molecule has 0 aliphatic heterocycles. The van der Waals surface area contributed by atoms with Crippen LogP contribution in [-0.2, 0) is 6.42 Å². The van der Waals surface area contributed by atoms with E-state index >= 15 is 0 Å². The van der Waals surface area contributed by atoms with E-state index in [1.165, 1.54) is 23.9 Å². The Morgan fingerprint density at radius 1 is 1.39 bits per heavy atom. The zero-order chi connectivity index (χ0) is 12.5.